The lowest BCUT2D eigenvalue weighted by molar-refractivity contribution is 0.0949. The van der Waals surface area contributed by atoms with Crippen molar-refractivity contribution in [1.82, 2.24) is 20.5 Å². The van der Waals surface area contributed by atoms with Crippen molar-refractivity contribution in [3.8, 4) is 11.4 Å². The fourth-order valence-electron chi connectivity index (χ4n) is 2.20. The minimum absolute atomic E-state index is 0.198. The van der Waals surface area contributed by atoms with E-state index in [2.05, 4.69) is 20.5 Å². The van der Waals surface area contributed by atoms with Gasteiger partial charge in [0.05, 0.1) is 5.56 Å². The van der Waals surface area contributed by atoms with Crippen LogP contribution in [0.15, 0.2) is 42.5 Å². The summed E-state index contributed by atoms with van der Waals surface area (Å²) in [6, 6.07) is 10.5. The summed E-state index contributed by atoms with van der Waals surface area (Å²) in [6.07, 6.45) is 0.364. The molecule has 0 fully saturated rings. The van der Waals surface area contributed by atoms with Gasteiger partial charge in [0.25, 0.3) is 5.91 Å². The van der Waals surface area contributed by atoms with Crippen molar-refractivity contribution in [3.05, 3.63) is 70.5 Å². The van der Waals surface area contributed by atoms with Crippen LogP contribution in [0, 0.1) is 11.6 Å². The van der Waals surface area contributed by atoms with E-state index in [1.165, 1.54) is 12.1 Å². The number of H-pyrrole nitrogens is 1. The van der Waals surface area contributed by atoms with Crippen LogP contribution in [0.1, 0.15) is 16.2 Å². The van der Waals surface area contributed by atoms with Crippen LogP contribution < -0.4 is 5.32 Å². The van der Waals surface area contributed by atoms with Crippen molar-refractivity contribution in [3.63, 3.8) is 0 Å². The van der Waals surface area contributed by atoms with Gasteiger partial charge in [-0.1, -0.05) is 17.7 Å². The molecule has 2 N–H and O–H groups in total. The molecular formula is C17H13ClF2N4O. The minimum Gasteiger partial charge on any atom is -0.351 e. The number of carbonyl (C=O) groups is 1. The predicted octanol–water partition coefficient (Wildman–Crippen LogP) is 3.38. The molecule has 1 aromatic heterocycles. The second kappa shape index (κ2) is 7.40. The van der Waals surface area contributed by atoms with Gasteiger partial charge in [-0.3, -0.25) is 9.89 Å². The topological polar surface area (TPSA) is 70.7 Å². The number of carbonyl (C=O) groups excluding carboxylic acids is 1. The molecule has 1 amide bonds. The van der Waals surface area contributed by atoms with Crippen LogP contribution in [-0.4, -0.2) is 27.6 Å². The largest absolute Gasteiger partial charge is 0.351 e. The third-order valence-corrected chi connectivity index (χ3v) is 3.73. The molecule has 3 aromatic rings. The predicted molar refractivity (Wildman–Crippen MR) is 89.2 cm³/mol. The monoisotopic (exact) mass is 362 g/mol. The molecule has 5 nitrogen and oxygen atoms in total. The Morgan fingerprint density at radius 1 is 1.16 bits per heavy atom. The maximum Gasteiger partial charge on any atom is 0.254 e. The molecule has 0 bridgehead atoms. The maximum absolute atomic E-state index is 13.5. The Bertz CT molecular complexity index is 896. The van der Waals surface area contributed by atoms with E-state index in [1.807, 2.05) is 0 Å². The number of hydrogen-bond donors (Lipinski definition) is 2. The Morgan fingerprint density at radius 3 is 2.68 bits per heavy atom. The lowest BCUT2D eigenvalue weighted by Crippen LogP contribution is -2.27. The molecule has 0 atom stereocenters. The number of nitrogens with one attached hydrogen (secondary N) is 2. The van der Waals surface area contributed by atoms with Gasteiger partial charge in [0.1, 0.15) is 5.82 Å². The second-order valence-corrected chi connectivity index (χ2v) is 5.66. The zero-order valence-electron chi connectivity index (χ0n) is 12.9. The summed E-state index contributed by atoms with van der Waals surface area (Å²) < 4.78 is 26.7. The first-order chi connectivity index (χ1) is 12.0. The first-order valence-corrected chi connectivity index (χ1v) is 7.82. The van der Waals surface area contributed by atoms with E-state index in [0.29, 0.717) is 23.1 Å². The van der Waals surface area contributed by atoms with Crippen molar-refractivity contribution in [1.29, 1.82) is 0 Å². The van der Waals surface area contributed by atoms with Crippen molar-refractivity contribution in [2.45, 2.75) is 6.42 Å². The van der Waals surface area contributed by atoms with E-state index >= 15 is 0 Å². The standard InChI is InChI=1S/C17H13ClF2N4O/c18-11-6-4-10(5-7-11)16-22-14(23-24-16)8-9-21-17(25)12-2-1-3-13(19)15(12)20/h1-7H,8-9H2,(H,21,25)(H,22,23,24). The fraction of sp³-hybridized carbons (Fsp3) is 0.118. The van der Waals surface area contributed by atoms with Gasteiger partial charge in [-0.05, 0) is 36.4 Å². The van der Waals surface area contributed by atoms with Crippen LogP contribution in [0.5, 0.6) is 0 Å². The van der Waals surface area contributed by atoms with Gasteiger partial charge >= 0.3 is 0 Å². The molecule has 25 heavy (non-hydrogen) atoms. The molecule has 3 rings (SSSR count). The van der Waals surface area contributed by atoms with E-state index in [4.69, 9.17) is 11.6 Å². The van der Waals surface area contributed by atoms with Crippen molar-refractivity contribution in [2.24, 2.45) is 0 Å². The molecule has 2 aromatic carbocycles. The average molecular weight is 363 g/mol. The van der Waals surface area contributed by atoms with Gasteiger partial charge < -0.3 is 5.32 Å². The number of benzene rings is 2. The zero-order valence-corrected chi connectivity index (χ0v) is 13.6. The smallest absolute Gasteiger partial charge is 0.254 e. The highest BCUT2D eigenvalue weighted by molar-refractivity contribution is 6.30. The summed E-state index contributed by atoms with van der Waals surface area (Å²) in [4.78, 5) is 16.2. The first-order valence-electron chi connectivity index (χ1n) is 7.44. The van der Waals surface area contributed by atoms with E-state index in [9.17, 15) is 13.6 Å². The Hall–Kier alpha value is -2.80. The van der Waals surface area contributed by atoms with Crippen LogP contribution in [0.25, 0.3) is 11.4 Å². The molecule has 8 heteroatoms. The van der Waals surface area contributed by atoms with Crippen molar-refractivity contribution >= 4 is 17.5 Å². The van der Waals surface area contributed by atoms with E-state index in [1.54, 1.807) is 24.3 Å². The number of amides is 1. The third-order valence-electron chi connectivity index (χ3n) is 3.48. The molecule has 0 saturated heterocycles. The zero-order chi connectivity index (χ0) is 17.8. The number of rotatable bonds is 5. The maximum atomic E-state index is 13.5. The van der Waals surface area contributed by atoms with E-state index < -0.39 is 17.5 Å². The molecular weight excluding hydrogens is 350 g/mol. The Morgan fingerprint density at radius 2 is 1.92 bits per heavy atom. The molecule has 0 unspecified atom stereocenters. The van der Waals surface area contributed by atoms with Crippen LogP contribution in [0.3, 0.4) is 0 Å². The third kappa shape index (κ3) is 4.00. The SMILES string of the molecule is O=C(NCCc1nc(-c2ccc(Cl)cc2)n[nH]1)c1cccc(F)c1F. The molecule has 0 spiro atoms. The molecule has 1 heterocycles. The van der Waals surface area contributed by atoms with Crippen molar-refractivity contribution < 1.29 is 13.6 Å². The fourth-order valence-corrected chi connectivity index (χ4v) is 2.33. The number of nitrogens with zero attached hydrogens (tertiary/aromatic N) is 2. The van der Waals surface area contributed by atoms with Gasteiger partial charge in [-0.25, -0.2) is 13.8 Å². The quantitative estimate of drug-likeness (QED) is 0.731. The number of hydrogen-bond acceptors (Lipinski definition) is 3. The van der Waals surface area contributed by atoms with Crippen LogP contribution in [-0.2, 0) is 6.42 Å². The summed E-state index contributed by atoms with van der Waals surface area (Å²) in [7, 11) is 0. The summed E-state index contributed by atoms with van der Waals surface area (Å²) >= 11 is 5.83. The van der Waals surface area contributed by atoms with E-state index in [-0.39, 0.29) is 12.1 Å². The highest BCUT2D eigenvalue weighted by atomic mass is 35.5. The van der Waals surface area contributed by atoms with Crippen LogP contribution >= 0.6 is 11.6 Å². The minimum atomic E-state index is -1.16. The Kier molecular flexibility index (Phi) is 5.04. The highest BCUT2D eigenvalue weighted by Crippen LogP contribution is 2.17. The van der Waals surface area contributed by atoms with Crippen LogP contribution in [0.4, 0.5) is 8.78 Å². The molecule has 0 aliphatic rings. The molecule has 0 radical (unpaired) electrons. The van der Waals surface area contributed by atoms with Crippen molar-refractivity contribution in [2.75, 3.05) is 6.54 Å². The highest BCUT2D eigenvalue weighted by Gasteiger charge is 2.14. The van der Waals surface area contributed by atoms with Gasteiger partial charge in [0, 0.05) is 23.6 Å². The number of aromatic nitrogens is 3. The molecule has 128 valence electrons. The molecule has 0 aliphatic carbocycles. The van der Waals surface area contributed by atoms with Crippen LogP contribution in [0.2, 0.25) is 5.02 Å². The molecule has 0 aliphatic heterocycles. The second-order valence-electron chi connectivity index (χ2n) is 5.22. The Labute approximate surface area is 147 Å². The summed E-state index contributed by atoms with van der Waals surface area (Å²) in [5.41, 5.74) is 0.470. The lowest BCUT2D eigenvalue weighted by atomic mass is 10.2. The summed E-state index contributed by atoms with van der Waals surface area (Å²) in [5, 5.41) is 10.0. The number of halogens is 3. The Balaban J connectivity index is 1.58. The lowest BCUT2D eigenvalue weighted by Gasteiger charge is -2.05. The normalized spacial score (nSPS) is 10.7. The summed E-state index contributed by atoms with van der Waals surface area (Å²) in [5.74, 6) is -1.84. The average Bonchev–Trinajstić information content (AvgIpc) is 3.07. The van der Waals surface area contributed by atoms with Gasteiger partial charge in [0.15, 0.2) is 17.5 Å². The van der Waals surface area contributed by atoms with Gasteiger partial charge in [-0.2, -0.15) is 5.10 Å². The van der Waals surface area contributed by atoms with E-state index in [0.717, 1.165) is 11.6 Å². The van der Waals surface area contributed by atoms with Gasteiger partial charge in [-0.15, -0.1) is 0 Å². The number of aromatic amines is 1. The first kappa shape index (κ1) is 17.0. The summed E-state index contributed by atoms with van der Waals surface area (Å²) in [6.45, 7) is 0.198. The molecule has 0 saturated carbocycles. The van der Waals surface area contributed by atoms with Gasteiger partial charge in [0.2, 0.25) is 0 Å².